The molecule has 0 aromatic heterocycles. The van der Waals surface area contributed by atoms with E-state index in [2.05, 4.69) is 24.3 Å². The molecule has 0 bridgehead atoms. The van der Waals surface area contributed by atoms with Crippen LogP contribution in [0.4, 0.5) is 0 Å². The number of hydrogen-bond acceptors (Lipinski definition) is 5. The van der Waals surface area contributed by atoms with Crippen molar-refractivity contribution < 1.29 is 19.7 Å². The summed E-state index contributed by atoms with van der Waals surface area (Å²) in [6, 6.07) is 12.5. The van der Waals surface area contributed by atoms with Gasteiger partial charge < -0.3 is 19.7 Å². The zero-order valence-corrected chi connectivity index (χ0v) is 16.0. The number of fused-ring (bicyclic) bond motifs is 1. The monoisotopic (exact) mass is 379 g/mol. The maximum atomic E-state index is 10.2. The molecular weight excluding hydrogens is 354 g/mol. The normalized spacial score (nSPS) is 23.4. The summed E-state index contributed by atoms with van der Waals surface area (Å²) < 4.78 is 11.5. The summed E-state index contributed by atoms with van der Waals surface area (Å²) in [5.74, 6) is 0.577. The van der Waals surface area contributed by atoms with Gasteiger partial charge >= 0.3 is 0 Å². The number of aryl methyl sites for hydroxylation is 2. The Morgan fingerprint density at radius 1 is 1.18 bits per heavy atom. The molecule has 0 spiro atoms. The minimum Gasteiger partial charge on any atom is -0.496 e. The number of hydrogen-bond donors (Lipinski definition) is 2. The van der Waals surface area contributed by atoms with E-state index in [4.69, 9.17) is 9.47 Å². The Labute approximate surface area is 165 Å². The summed E-state index contributed by atoms with van der Waals surface area (Å²) in [5.41, 5.74) is 6.32. The second-order valence-corrected chi connectivity index (χ2v) is 7.70. The zero-order valence-electron chi connectivity index (χ0n) is 16.0. The van der Waals surface area contributed by atoms with Crippen LogP contribution in [0.5, 0.6) is 5.75 Å². The van der Waals surface area contributed by atoms with Crippen LogP contribution in [0.15, 0.2) is 30.3 Å². The molecule has 2 N–H and O–H groups in total. The Hall–Kier alpha value is -2.39. The lowest BCUT2D eigenvalue weighted by atomic mass is 9.85. The summed E-state index contributed by atoms with van der Waals surface area (Å²) in [4.78, 5) is 0. The quantitative estimate of drug-likeness (QED) is 0.835. The molecule has 2 aliphatic rings. The van der Waals surface area contributed by atoms with Crippen LogP contribution in [0.2, 0.25) is 0 Å². The van der Waals surface area contributed by atoms with Gasteiger partial charge in [0.15, 0.2) is 0 Å². The van der Waals surface area contributed by atoms with Gasteiger partial charge in [-0.25, -0.2) is 0 Å². The third-order valence-corrected chi connectivity index (χ3v) is 5.83. The highest BCUT2D eigenvalue weighted by Gasteiger charge is 2.31. The number of nitriles is 1. The van der Waals surface area contributed by atoms with Gasteiger partial charge in [0.05, 0.1) is 43.7 Å². The van der Waals surface area contributed by atoms with Crippen molar-refractivity contribution in [1.82, 2.24) is 0 Å². The number of rotatable bonds is 5. The lowest BCUT2D eigenvalue weighted by Gasteiger charge is -2.33. The van der Waals surface area contributed by atoms with Gasteiger partial charge in [0.25, 0.3) is 0 Å². The van der Waals surface area contributed by atoms with E-state index in [1.54, 1.807) is 13.2 Å². The minimum atomic E-state index is -0.535. The van der Waals surface area contributed by atoms with Crippen LogP contribution in [0.25, 0.3) is 0 Å². The zero-order chi connectivity index (χ0) is 19.7. The molecule has 0 saturated carbocycles. The average molecular weight is 379 g/mol. The van der Waals surface area contributed by atoms with Crippen LogP contribution in [0.3, 0.4) is 0 Å². The second-order valence-electron chi connectivity index (χ2n) is 7.70. The van der Waals surface area contributed by atoms with Gasteiger partial charge in [0, 0.05) is 18.4 Å². The molecular formula is C23H25NO4. The molecule has 0 radical (unpaired) electrons. The van der Waals surface area contributed by atoms with E-state index in [0.29, 0.717) is 30.6 Å². The number of benzene rings is 2. The van der Waals surface area contributed by atoms with E-state index in [1.165, 1.54) is 16.7 Å². The lowest BCUT2D eigenvalue weighted by Crippen LogP contribution is -2.33. The predicted molar refractivity (Wildman–Crippen MR) is 104 cm³/mol. The largest absolute Gasteiger partial charge is 0.496 e. The summed E-state index contributed by atoms with van der Waals surface area (Å²) in [5, 5.41) is 29.3. The SMILES string of the molecule is COc1cc(C#N)c(Cc2ccc3c(c2)CC3)cc1C1CC(O)CC(CO)O1. The third kappa shape index (κ3) is 3.64. The van der Waals surface area contributed by atoms with Crippen LogP contribution in [0, 0.1) is 11.3 Å². The van der Waals surface area contributed by atoms with Crippen molar-refractivity contribution in [2.45, 2.75) is 50.4 Å². The highest BCUT2D eigenvalue weighted by molar-refractivity contribution is 5.51. The van der Waals surface area contributed by atoms with E-state index in [0.717, 1.165) is 24.0 Å². The van der Waals surface area contributed by atoms with E-state index in [-0.39, 0.29) is 12.7 Å². The molecule has 2 aromatic carbocycles. The van der Waals surface area contributed by atoms with Crippen LogP contribution >= 0.6 is 0 Å². The standard InChI is InChI=1S/C23H25NO4/c1-27-22-9-18(12-24)17(7-14-2-3-15-4-5-16(15)6-14)8-21(22)23-11-19(26)10-20(13-25)28-23/h2-3,6,8-9,19-20,23,25-26H,4-5,7,10-11,13H2,1H3. The van der Waals surface area contributed by atoms with E-state index < -0.39 is 12.2 Å². The summed E-state index contributed by atoms with van der Waals surface area (Å²) in [6.07, 6.45) is 2.49. The Kier molecular flexibility index (Phi) is 5.36. The van der Waals surface area contributed by atoms with Crippen molar-refractivity contribution in [3.8, 4) is 11.8 Å². The van der Waals surface area contributed by atoms with Gasteiger partial charge in [-0.1, -0.05) is 18.2 Å². The lowest BCUT2D eigenvalue weighted by molar-refractivity contribution is -0.114. The minimum absolute atomic E-state index is 0.131. The number of aliphatic hydroxyl groups is 2. The van der Waals surface area contributed by atoms with Crippen molar-refractivity contribution in [3.05, 3.63) is 63.7 Å². The van der Waals surface area contributed by atoms with Gasteiger partial charge in [0.2, 0.25) is 0 Å². The molecule has 1 heterocycles. The second kappa shape index (κ2) is 7.92. The predicted octanol–water partition coefficient (Wildman–Crippen LogP) is 2.83. The maximum absolute atomic E-state index is 10.2. The van der Waals surface area contributed by atoms with Crippen LogP contribution in [0.1, 0.15) is 52.3 Å². The molecule has 28 heavy (non-hydrogen) atoms. The average Bonchev–Trinajstić information content (AvgIpc) is 2.69. The Morgan fingerprint density at radius 3 is 2.64 bits per heavy atom. The first-order valence-corrected chi connectivity index (χ1v) is 9.77. The fourth-order valence-electron chi connectivity index (χ4n) is 4.21. The van der Waals surface area contributed by atoms with Crippen molar-refractivity contribution in [2.75, 3.05) is 13.7 Å². The van der Waals surface area contributed by atoms with E-state index >= 15 is 0 Å². The molecule has 3 unspecified atom stereocenters. The number of aliphatic hydroxyl groups excluding tert-OH is 2. The Morgan fingerprint density at radius 2 is 2.00 bits per heavy atom. The Bertz CT molecular complexity index is 918. The fraction of sp³-hybridized carbons (Fsp3) is 0.435. The van der Waals surface area contributed by atoms with Crippen molar-refractivity contribution >= 4 is 0 Å². The van der Waals surface area contributed by atoms with E-state index in [1.807, 2.05) is 6.07 Å². The van der Waals surface area contributed by atoms with Gasteiger partial charge in [-0.2, -0.15) is 5.26 Å². The maximum Gasteiger partial charge on any atom is 0.126 e. The number of ether oxygens (including phenoxy) is 2. The van der Waals surface area contributed by atoms with Gasteiger partial charge in [-0.3, -0.25) is 0 Å². The van der Waals surface area contributed by atoms with Crippen LogP contribution in [-0.4, -0.2) is 36.1 Å². The van der Waals surface area contributed by atoms with Gasteiger partial charge in [-0.05, 0) is 53.6 Å². The van der Waals surface area contributed by atoms with Gasteiger partial charge in [-0.15, -0.1) is 0 Å². The molecule has 1 fully saturated rings. The molecule has 146 valence electrons. The molecule has 0 amide bonds. The molecule has 4 rings (SSSR count). The number of nitrogens with zero attached hydrogens (tertiary/aromatic N) is 1. The van der Waals surface area contributed by atoms with Crippen LogP contribution < -0.4 is 4.74 Å². The first kappa shape index (κ1) is 18.9. The summed E-state index contributed by atoms with van der Waals surface area (Å²) >= 11 is 0. The molecule has 1 saturated heterocycles. The molecule has 5 heteroatoms. The highest BCUT2D eigenvalue weighted by atomic mass is 16.5. The topological polar surface area (TPSA) is 82.7 Å². The summed E-state index contributed by atoms with van der Waals surface area (Å²) in [6.45, 7) is -0.131. The fourth-order valence-corrected chi connectivity index (χ4v) is 4.21. The highest BCUT2D eigenvalue weighted by Crippen LogP contribution is 2.38. The van der Waals surface area contributed by atoms with E-state index in [9.17, 15) is 15.5 Å². The molecule has 1 aliphatic heterocycles. The van der Waals surface area contributed by atoms with Crippen molar-refractivity contribution in [3.63, 3.8) is 0 Å². The summed E-state index contributed by atoms with van der Waals surface area (Å²) in [7, 11) is 1.57. The molecule has 3 atom stereocenters. The smallest absolute Gasteiger partial charge is 0.126 e. The van der Waals surface area contributed by atoms with Crippen molar-refractivity contribution in [2.24, 2.45) is 0 Å². The van der Waals surface area contributed by atoms with Crippen LogP contribution in [-0.2, 0) is 24.0 Å². The molecule has 5 nitrogen and oxygen atoms in total. The van der Waals surface area contributed by atoms with Gasteiger partial charge in [0.1, 0.15) is 5.75 Å². The first-order valence-electron chi connectivity index (χ1n) is 9.77. The third-order valence-electron chi connectivity index (χ3n) is 5.83. The first-order chi connectivity index (χ1) is 13.6. The van der Waals surface area contributed by atoms with Crippen molar-refractivity contribution in [1.29, 1.82) is 5.26 Å². The Balaban J connectivity index is 1.69. The number of methoxy groups -OCH3 is 1. The molecule has 2 aromatic rings. The molecule has 1 aliphatic carbocycles.